The molecular weight excluding hydrogens is 474 g/mol. The van der Waals surface area contributed by atoms with Crippen LogP contribution in [-0.4, -0.2) is 36.0 Å². The van der Waals surface area contributed by atoms with Gasteiger partial charge in [-0.25, -0.2) is 4.98 Å². The number of hydrogen-bond acceptors (Lipinski definition) is 7. The molecule has 2 N–H and O–H groups in total. The first-order chi connectivity index (χ1) is 17.7. The third kappa shape index (κ3) is 4.71. The SMILES string of the molecule is CCn1c(NNC(=O)CSc2nnc(-c3ccccc3)n2-c2ccccc2)nc2ccccc2c1=O. The number of thioether (sulfide) groups is 1. The summed E-state index contributed by atoms with van der Waals surface area (Å²) in [6, 6.07) is 26.7. The molecule has 2 heterocycles. The molecule has 0 bridgehead atoms. The Balaban J connectivity index is 1.34. The van der Waals surface area contributed by atoms with E-state index in [1.807, 2.05) is 78.2 Å². The molecule has 0 aliphatic rings. The summed E-state index contributed by atoms with van der Waals surface area (Å²) in [6.45, 7) is 2.26. The van der Waals surface area contributed by atoms with Gasteiger partial charge >= 0.3 is 0 Å². The molecule has 5 rings (SSSR count). The number of para-hydroxylation sites is 2. The van der Waals surface area contributed by atoms with Gasteiger partial charge in [-0.1, -0.05) is 72.4 Å². The Morgan fingerprint density at radius 2 is 1.61 bits per heavy atom. The van der Waals surface area contributed by atoms with Crippen molar-refractivity contribution in [2.75, 3.05) is 11.2 Å². The minimum atomic E-state index is -0.297. The first-order valence-corrected chi connectivity index (χ1v) is 12.4. The summed E-state index contributed by atoms with van der Waals surface area (Å²) in [7, 11) is 0. The maximum absolute atomic E-state index is 12.8. The van der Waals surface area contributed by atoms with Crippen LogP contribution in [0.25, 0.3) is 28.0 Å². The molecule has 0 saturated carbocycles. The van der Waals surface area contributed by atoms with Crippen LogP contribution in [0.3, 0.4) is 0 Å². The van der Waals surface area contributed by atoms with E-state index in [0.717, 1.165) is 11.3 Å². The number of aromatic nitrogens is 5. The van der Waals surface area contributed by atoms with Gasteiger partial charge < -0.3 is 0 Å². The van der Waals surface area contributed by atoms with Gasteiger partial charge in [0.2, 0.25) is 11.9 Å². The van der Waals surface area contributed by atoms with Crippen molar-refractivity contribution >= 4 is 34.5 Å². The second-order valence-corrected chi connectivity index (χ2v) is 8.75. The molecular formula is C26H23N7O2S. The zero-order valence-corrected chi connectivity index (χ0v) is 20.3. The van der Waals surface area contributed by atoms with Crippen LogP contribution in [-0.2, 0) is 11.3 Å². The Morgan fingerprint density at radius 1 is 0.917 bits per heavy atom. The minimum absolute atomic E-state index is 0.0801. The molecule has 0 spiro atoms. The molecule has 0 aliphatic carbocycles. The van der Waals surface area contributed by atoms with Crippen LogP contribution in [0, 0.1) is 0 Å². The summed E-state index contributed by atoms with van der Waals surface area (Å²) in [5, 5.41) is 9.86. The Bertz CT molecular complexity index is 1570. The number of amides is 1. The van der Waals surface area contributed by atoms with Crippen molar-refractivity contribution in [3.05, 3.63) is 95.3 Å². The third-order valence-corrected chi connectivity index (χ3v) is 6.43. The molecule has 180 valence electrons. The number of rotatable bonds is 8. The van der Waals surface area contributed by atoms with Crippen LogP contribution < -0.4 is 16.4 Å². The van der Waals surface area contributed by atoms with Gasteiger partial charge in [-0.3, -0.25) is 29.6 Å². The predicted octanol–water partition coefficient (Wildman–Crippen LogP) is 3.90. The molecule has 0 radical (unpaired) electrons. The second-order valence-electron chi connectivity index (χ2n) is 7.81. The second kappa shape index (κ2) is 10.4. The molecule has 3 aromatic carbocycles. The Kier molecular flexibility index (Phi) is 6.76. The average molecular weight is 498 g/mol. The zero-order chi connectivity index (χ0) is 24.9. The molecule has 1 amide bonds. The van der Waals surface area contributed by atoms with E-state index in [1.54, 1.807) is 18.2 Å². The molecule has 10 heteroatoms. The van der Waals surface area contributed by atoms with Gasteiger partial charge in [-0.05, 0) is 31.2 Å². The lowest BCUT2D eigenvalue weighted by Crippen LogP contribution is -2.35. The third-order valence-electron chi connectivity index (χ3n) is 5.50. The quantitative estimate of drug-likeness (QED) is 0.247. The highest BCUT2D eigenvalue weighted by Crippen LogP contribution is 2.27. The van der Waals surface area contributed by atoms with E-state index in [1.165, 1.54) is 16.3 Å². The van der Waals surface area contributed by atoms with Crippen molar-refractivity contribution in [2.45, 2.75) is 18.6 Å². The molecule has 0 atom stereocenters. The van der Waals surface area contributed by atoms with Crippen molar-refractivity contribution in [1.29, 1.82) is 0 Å². The number of carbonyl (C=O) groups is 1. The van der Waals surface area contributed by atoms with Gasteiger partial charge in [0.1, 0.15) is 0 Å². The highest BCUT2D eigenvalue weighted by Gasteiger charge is 2.17. The predicted molar refractivity (Wildman–Crippen MR) is 141 cm³/mol. The van der Waals surface area contributed by atoms with Crippen LogP contribution in [0.2, 0.25) is 0 Å². The Hall–Kier alpha value is -4.44. The van der Waals surface area contributed by atoms with Gasteiger partial charge in [-0.2, -0.15) is 0 Å². The van der Waals surface area contributed by atoms with Crippen molar-refractivity contribution < 1.29 is 4.79 Å². The Morgan fingerprint density at radius 3 is 2.36 bits per heavy atom. The van der Waals surface area contributed by atoms with Crippen molar-refractivity contribution in [3.8, 4) is 17.1 Å². The lowest BCUT2D eigenvalue weighted by molar-refractivity contribution is -0.118. The smallest absolute Gasteiger partial charge is 0.262 e. The minimum Gasteiger partial charge on any atom is -0.277 e. The molecule has 9 nitrogen and oxygen atoms in total. The normalized spacial score (nSPS) is 10.9. The average Bonchev–Trinajstić information content (AvgIpc) is 3.36. The largest absolute Gasteiger partial charge is 0.277 e. The van der Waals surface area contributed by atoms with Crippen molar-refractivity contribution in [1.82, 2.24) is 29.7 Å². The first kappa shape index (κ1) is 23.3. The molecule has 0 aliphatic heterocycles. The number of hydrogen-bond donors (Lipinski definition) is 2. The van der Waals surface area contributed by atoms with E-state index in [0.29, 0.717) is 28.4 Å². The summed E-state index contributed by atoms with van der Waals surface area (Å²) in [6.07, 6.45) is 0. The topological polar surface area (TPSA) is 107 Å². The number of carbonyl (C=O) groups excluding carboxylic acids is 1. The number of hydrazine groups is 1. The van der Waals surface area contributed by atoms with Crippen molar-refractivity contribution in [3.63, 3.8) is 0 Å². The van der Waals surface area contributed by atoms with Crippen LogP contribution in [0.15, 0.2) is 94.9 Å². The lowest BCUT2D eigenvalue weighted by atomic mass is 10.2. The zero-order valence-electron chi connectivity index (χ0n) is 19.5. The number of anilines is 1. The summed E-state index contributed by atoms with van der Waals surface area (Å²) in [4.78, 5) is 30.0. The maximum Gasteiger partial charge on any atom is 0.262 e. The molecule has 36 heavy (non-hydrogen) atoms. The monoisotopic (exact) mass is 497 g/mol. The highest BCUT2D eigenvalue weighted by molar-refractivity contribution is 7.99. The summed E-state index contributed by atoms with van der Waals surface area (Å²) in [5.41, 5.74) is 7.66. The van der Waals surface area contributed by atoms with E-state index >= 15 is 0 Å². The van der Waals surface area contributed by atoms with Gasteiger partial charge in [0.05, 0.1) is 16.7 Å². The number of nitrogens with zero attached hydrogens (tertiary/aromatic N) is 5. The van der Waals surface area contributed by atoms with E-state index in [-0.39, 0.29) is 23.2 Å². The lowest BCUT2D eigenvalue weighted by Gasteiger charge is -2.14. The van der Waals surface area contributed by atoms with Crippen LogP contribution >= 0.6 is 11.8 Å². The fourth-order valence-electron chi connectivity index (χ4n) is 3.80. The van der Waals surface area contributed by atoms with Gasteiger partial charge in [-0.15, -0.1) is 10.2 Å². The molecule has 0 fully saturated rings. The van der Waals surface area contributed by atoms with E-state index in [2.05, 4.69) is 26.0 Å². The number of nitrogens with one attached hydrogen (secondary N) is 2. The molecule has 2 aromatic heterocycles. The summed E-state index contributed by atoms with van der Waals surface area (Å²) in [5.74, 6) is 0.749. The fourth-order valence-corrected chi connectivity index (χ4v) is 4.55. The fraction of sp³-hybridized carbons (Fsp3) is 0.115. The van der Waals surface area contributed by atoms with E-state index in [4.69, 9.17) is 0 Å². The number of benzene rings is 3. The molecule has 0 unspecified atom stereocenters. The van der Waals surface area contributed by atoms with E-state index < -0.39 is 0 Å². The number of fused-ring (bicyclic) bond motifs is 1. The Labute approximate surface area is 211 Å². The van der Waals surface area contributed by atoms with Crippen LogP contribution in [0.1, 0.15) is 6.92 Å². The van der Waals surface area contributed by atoms with Gasteiger partial charge in [0, 0.05) is 17.8 Å². The molecule has 0 saturated heterocycles. The van der Waals surface area contributed by atoms with E-state index in [9.17, 15) is 9.59 Å². The summed E-state index contributed by atoms with van der Waals surface area (Å²) >= 11 is 1.26. The first-order valence-electron chi connectivity index (χ1n) is 11.4. The van der Waals surface area contributed by atoms with Crippen molar-refractivity contribution in [2.24, 2.45) is 0 Å². The standard InChI is InChI=1S/C26H23N7O2S/c1-2-32-24(35)20-15-9-10-16-21(20)27-25(32)30-28-22(34)17-36-26-31-29-23(18-11-5-3-6-12-18)33(26)19-13-7-4-8-14-19/h3-16H,2,17H2,1H3,(H,27,30)(H,28,34). The van der Waals surface area contributed by atoms with Crippen LogP contribution in [0.5, 0.6) is 0 Å². The maximum atomic E-state index is 12.8. The van der Waals surface area contributed by atoms with Crippen LogP contribution in [0.4, 0.5) is 5.95 Å². The summed E-state index contributed by atoms with van der Waals surface area (Å²) < 4.78 is 3.41. The van der Waals surface area contributed by atoms with Gasteiger partial charge in [0.15, 0.2) is 11.0 Å². The molecule has 5 aromatic rings. The van der Waals surface area contributed by atoms with Gasteiger partial charge in [0.25, 0.3) is 5.56 Å². The highest BCUT2D eigenvalue weighted by atomic mass is 32.2.